The maximum Gasteiger partial charge on any atom is 0.257 e. The molecule has 3 unspecified atom stereocenters. The first-order valence-corrected chi connectivity index (χ1v) is 12.2. The summed E-state index contributed by atoms with van der Waals surface area (Å²) in [5.74, 6) is 1.81. The van der Waals surface area contributed by atoms with Crippen LogP contribution in [-0.4, -0.2) is 25.0 Å². The van der Waals surface area contributed by atoms with E-state index in [4.69, 9.17) is 10.00 Å². The molecule has 0 bridgehead atoms. The third kappa shape index (κ3) is 7.99. The highest BCUT2D eigenvalue weighted by Gasteiger charge is 2.32. The number of allylic oxidation sites excluding steroid dienone is 1. The summed E-state index contributed by atoms with van der Waals surface area (Å²) in [6.45, 7) is 7.50. The van der Waals surface area contributed by atoms with Gasteiger partial charge in [-0.25, -0.2) is 0 Å². The van der Waals surface area contributed by atoms with E-state index in [0.717, 1.165) is 12.0 Å². The van der Waals surface area contributed by atoms with Gasteiger partial charge in [0.2, 0.25) is 5.91 Å². The summed E-state index contributed by atoms with van der Waals surface area (Å²) >= 11 is 0. The Labute approximate surface area is 208 Å². The molecule has 35 heavy (non-hydrogen) atoms. The number of benzene rings is 2. The number of carbonyl (C=O) groups excluding carboxylic acids is 2. The molecule has 0 fully saturated rings. The molecule has 0 heterocycles. The lowest BCUT2D eigenvalue weighted by Gasteiger charge is -2.37. The first-order chi connectivity index (χ1) is 16.9. The standard InChI is InChI=1S/C29H35N3O3/c1-20(2)27-14-24(15-28(33)31-17-23-11-9-22(16-30)10-12-23)21(3)13-25(27)18-32-29(34)19-35-26-7-5-4-6-8-26/h4-13,20,24-25,27H,14-15,17-19H2,1-3H3,(H,31,33)(H,32,34). The van der Waals surface area contributed by atoms with Gasteiger partial charge < -0.3 is 15.4 Å². The predicted molar refractivity (Wildman–Crippen MR) is 136 cm³/mol. The number of nitriles is 1. The van der Waals surface area contributed by atoms with Crippen molar-refractivity contribution in [1.82, 2.24) is 10.6 Å². The Hall–Kier alpha value is -3.59. The molecule has 0 aliphatic heterocycles. The SMILES string of the molecule is CC1=CC(CNC(=O)COc2ccccc2)C(C(C)C)CC1CC(=O)NCc1ccc(C#N)cc1. The average Bonchev–Trinajstić information content (AvgIpc) is 2.87. The molecule has 6 nitrogen and oxygen atoms in total. The van der Waals surface area contributed by atoms with Gasteiger partial charge in [0.15, 0.2) is 6.61 Å². The van der Waals surface area contributed by atoms with Crippen molar-refractivity contribution >= 4 is 11.8 Å². The number of rotatable bonds is 10. The summed E-state index contributed by atoms with van der Waals surface area (Å²) in [4.78, 5) is 25.0. The molecule has 0 radical (unpaired) electrons. The molecule has 0 saturated carbocycles. The third-order valence-electron chi connectivity index (χ3n) is 6.74. The minimum atomic E-state index is -0.133. The molecule has 0 spiro atoms. The first-order valence-electron chi connectivity index (χ1n) is 12.2. The Morgan fingerprint density at radius 3 is 2.43 bits per heavy atom. The van der Waals surface area contributed by atoms with Crippen LogP contribution in [0.1, 0.15) is 44.7 Å². The predicted octanol–water partition coefficient (Wildman–Crippen LogP) is 4.61. The summed E-state index contributed by atoms with van der Waals surface area (Å²) < 4.78 is 5.54. The highest BCUT2D eigenvalue weighted by molar-refractivity contribution is 5.77. The Morgan fingerprint density at radius 1 is 1.06 bits per heavy atom. The molecule has 1 aliphatic rings. The molecule has 3 atom stereocenters. The second kappa shape index (κ2) is 12.8. The topological polar surface area (TPSA) is 91.2 Å². The molecular weight excluding hydrogens is 438 g/mol. The van der Waals surface area contributed by atoms with Crippen molar-refractivity contribution in [3.63, 3.8) is 0 Å². The Morgan fingerprint density at radius 2 is 1.77 bits per heavy atom. The Bertz CT molecular complexity index is 1050. The lowest BCUT2D eigenvalue weighted by molar-refractivity contribution is -0.123. The smallest absolute Gasteiger partial charge is 0.257 e. The summed E-state index contributed by atoms with van der Waals surface area (Å²) in [5.41, 5.74) is 2.79. The van der Waals surface area contributed by atoms with Crippen LogP contribution in [0.4, 0.5) is 0 Å². The summed E-state index contributed by atoms with van der Waals surface area (Å²) in [7, 11) is 0. The average molecular weight is 474 g/mol. The van der Waals surface area contributed by atoms with Gasteiger partial charge in [0.1, 0.15) is 5.75 Å². The fourth-order valence-electron chi connectivity index (χ4n) is 4.65. The Kier molecular flexibility index (Phi) is 9.48. The van der Waals surface area contributed by atoms with Crippen LogP contribution in [0.25, 0.3) is 0 Å². The molecule has 0 saturated heterocycles. The summed E-state index contributed by atoms with van der Waals surface area (Å²) in [5, 5.41) is 14.9. The number of carbonyl (C=O) groups is 2. The fraction of sp³-hybridized carbons (Fsp3) is 0.414. The normalized spacial score (nSPS) is 19.4. The van der Waals surface area contributed by atoms with Crippen molar-refractivity contribution in [3.8, 4) is 11.8 Å². The highest BCUT2D eigenvalue weighted by atomic mass is 16.5. The largest absolute Gasteiger partial charge is 0.484 e. The van der Waals surface area contributed by atoms with Crippen molar-refractivity contribution < 1.29 is 14.3 Å². The maximum absolute atomic E-state index is 12.7. The zero-order chi connectivity index (χ0) is 25.2. The van der Waals surface area contributed by atoms with E-state index < -0.39 is 0 Å². The second-order valence-corrected chi connectivity index (χ2v) is 9.61. The Balaban J connectivity index is 1.50. The van der Waals surface area contributed by atoms with Crippen LogP contribution in [0.2, 0.25) is 0 Å². The van der Waals surface area contributed by atoms with Crippen molar-refractivity contribution in [2.75, 3.05) is 13.2 Å². The number of ether oxygens (including phenoxy) is 1. The van der Waals surface area contributed by atoms with Crippen LogP contribution >= 0.6 is 0 Å². The van der Waals surface area contributed by atoms with E-state index in [0.29, 0.717) is 42.7 Å². The van der Waals surface area contributed by atoms with Crippen molar-refractivity contribution in [2.45, 2.75) is 40.2 Å². The monoisotopic (exact) mass is 473 g/mol. The third-order valence-corrected chi connectivity index (χ3v) is 6.74. The number of hydrogen-bond acceptors (Lipinski definition) is 4. The van der Waals surface area contributed by atoms with Crippen molar-refractivity contribution in [2.24, 2.45) is 23.7 Å². The van der Waals surface area contributed by atoms with E-state index in [-0.39, 0.29) is 30.3 Å². The fourth-order valence-corrected chi connectivity index (χ4v) is 4.65. The van der Waals surface area contributed by atoms with Crippen LogP contribution in [0.5, 0.6) is 5.75 Å². The lowest BCUT2D eigenvalue weighted by atomic mass is 9.69. The summed E-state index contributed by atoms with van der Waals surface area (Å²) in [6.07, 6.45) is 3.61. The van der Waals surface area contributed by atoms with E-state index in [1.807, 2.05) is 42.5 Å². The second-order valence-electron chi connectivity index (χ2n) is 9.61. The molecule has 2 aromatic rings. The van der Waals surface area contributed by atoms with E-state index in [2.05, 4.69) is 43.6 Å². The van der Waals surface area contributed by atoms with Crippen LogP contribution in [0.3, 0.4) is 0 Å². The number of para-hydroxylation sites is 1. The van der Waals surface area contributed by atoms with E-state index >= 15 is 0 Å². The van der Waals surface area contributed by atoms with Crippen LogP contribution < -0.4 is 15.4 Å². The minimum absolute atomic E-state index is 0.00614. The first kappa shape index (κ1) is 26.0. The van der Waals surface area contributed by atoms with Crippen LogP contribution in [0, 0.1) is 35.0 Å². The number of amides is 2. The molecule has 3 rings (SSSR count). The van der Waals surface area contributed by atoms with Gasteiger partial charge >= 0.3 is 0 Å². The molecule has 2 aromatic carbocycles. The zero-order valence-corrected chi connectivity index (χ0v) is 20.8. The zero-order valence-electron chi connectivity index (χ0n) is 20.8. The molecule has 2 N–H and O–H groups in total. The van der Waals surface area contributed by atoms with Gasteiger partial charge in [-0.3, -0.25) is 9.59 Å². The lowest BCUT2D eigenvalue weighted by Crippen LogP contribution is -2.39. The van der Waals surface area contributed by atoms with Crippen LogP contribution in [0.15, 0.2) is 66.2 Å². The van der Waals surface area contributed by atoms with Crippen molar-refractivity contribution in [1.29, 1.82) is 5.26 Å². The van der Waals surface area contributed by atoms with Gasteiger partial charge in [0.05, 0.1) is 11.6 Å². The number of nitrogens with zero attached hydrogens (tertiary/aromatic N) is 1. The number of hydrogen-bond donors (Lipinski definition) is 2. The van der Waals surface area contributed by atoms with Gasteiger partial charge in [-0.2, -0.15) is 5.26 Å². The van der Waals surface area contributed by atoms with E-state index in [9.17, 15) is 9.59 Å². The molecule has 6 heteroatoms. The van der Waals surface area contributed by atoms with Gasteiger partial charge in [0.25, 0.3) is 5.91 Å². The maximum atomic E-state index is 12.7. The van der Waals surface area contributed by atoms with Gasteiger partial charge in [0, 0.05) is 19.5 Å². The van der Waals surface area contributed by atoms with Crippen LogP contribution in [-0.2, 0) is 16.1 Å². The van der Waals surface area contributed by atoms with Gasteiger partial charge in [-0.15, -0.1) is 0 Å². The van der Waals surface area contributed by atoms with Gasteiger partial charge in [-0.05, 0) is 66.8 Å². The quantitative estimate of drug-likeness (QED) is 0.493. The molecule has 184 valence electrons. The number of nitrogens with one attached hydrogen (secondary N) is 2. The molecule has 1 aliphatic carbocycles. The van der Waals surface area contributed by atoms with E-state index in [1.165, 1.54) is 5.57 Å². The molecule has 0 aromatic heterocycles. The van der Waals surface area contributed by atoms with Gasteiger partial charge in [-0.1, -0.05) is 55.8 Å². The van der Waals surface area contributed by atoms with E-state index in [1.54, 1.807) is 12.1 Å². The highest BCUT2D eigenvalue weighted by Crippen LogP contribution is 2.38. The molecular formula is C29H35N3O3. The minimum Gasteiger partial charge on any atom is -0.484 e. The molecule has 2 amide bonds. The summed E-state index contributed by atoms with van der Waals surface area (Å²) in [6, 6.07) is 18.7. The van der Waals surface area contributed by atoms with Crippen molar-refractivity contribution in [3.05, 3.63) is 77.4 Å².